The summed E-state index contributed by atoms with van der Waals surface area (Å²) in [6, 6.07) is 67.2. The molecule has 8 aromatic heterocycles. The number of hydrogen-bond acceptors (Lipinski definition) is 25. The summed E-state index contributed by atoms with van der Waals surface area (Å²) in [7, 11) is 0. The minimum absolute atomic E-state index is 0.0107. The summed E-state index contributed by atoms with van der Waals surface area (Å²) in [5.74, 6) is 5.90. The summed E-state index contributed by atoms with van der Waals surface area (Å²) < 4.78 is 33.1. The van der Waals surface area contributed by atoms with Crippen molar-refractivity contribution in [1.82, 2.24) is 98.7 Å². The maximum atomic E-state index is 13.7. The van der Waals surface area contributed by atoms with Crippen molar-refractivity contribution in [2.24, 2.45) is 0 Å². The van der Waals surface area contributed by atoms with Crippen molar-refractivity contribution < 1.29 is 43.2 Å². The van der Waals surface area contributed by atoms with Crippen molar-refractivity contribution in [3.05, 3.63) is 310 Å². The minimum Gasteiger partial charge on any atom is -0.457 e. The maximum Gasteiger partial charge on any atom is 0.293 e. The first-order valence-electron chi connectivity index (χ1n) is 47.3. The van der Waals surface area contributed by atoms with Crippen LogP contribution in [-0.2, 0) is 25.7 Å². The Balaban J connectivity index is 0.000000126. The van der Waals surface area contributed by atoms with Crippen molar-refractivity contribution in [2.75, 3.05) is 81.9 Å². The topological polar surface area (TPSA) is 475 Å². The second kappa shape index (κ2) is 42.8. The van der Waals surface area contributed by atoms with E-state index in [1.165, 1.54) is 29.0 Å². The number of nitrogens with zero attached hydrogens (tertiary/aromatic N) is 18. The largest absolute Gasteiger partial charge is 0.457 e. The fourth-order valence-corrected chi connectivity index (χ4v) is 18.7. The van der Waals surface area contributed by atoms with Crippen molar-refractivity contribution in [3.8, 4) is 91.0 Å². The van der Waals surface area contributed by atoms with Gasteiger partial charge in [0.2, 0.25) is 23.6 Å². The van der Waals surface area contributed by atoms with E-state index in [9.17, 15) is 43.5 Å². The molecule has 728 valence electrons. The summed E-state index contributed by atoms with van der Waals surface area (Å²) in [6.45, 7) is 18.5. The third kappa shape index (κ3) is 20.8. The van der Waals surface area contributed by atoms with E-state index < -0.39 is 5.56 Å². The van der Waals surface area contributed by atoms with E-state index in [1.807, 2.05) is 218 Å². The Morgan fingerprint density at radius 3 is 0.895 bits per heavy atom. The van der Waals surface area contributed by atoms with Crippen LogP contribution >= 0.6 is 0 Å². The van der Waals surface area contributed by atoms with Crippen LogP contribution in [0.15, 0.2) is 288 Å². The van der Waals surface area contributed by atoms with Gasteiger partial charge in [-0.25, -0.2) is 19.6 Å². The number of nitrogen functional groups attached to an aromatic ring is 4. The van der Waals surface area contributed by atoms with Crippen molar-refractivity contribution in [3.63, 3.8) is 0 Å². The number of carbonyl (C=O) groups is 4. The molecule has 4 aliphatic heterocycles. The molecule has 4 amide bonds. The molecule has 143 heavy (non-hydrogen) atoms. The number of aromatic amines is 2. The Labute approximate surface area is 818 Å². The van der Waals surface area contributed by atoms with E-state index in [0.29, 0.717) is 142 Å². The number of carbonyl (C=O) groups excluding carboxylic acids is 4. The van der Waals surface area contributed by atoms with Crippen LogP contribution in [0.2, 0.25) is 0 Å². The van der Waals surface area contributed by atoms with Gasteiger partial charge in [0, 0.05) is 74.6 Å². The molecule has 5 fully saturated rings. The molecule has 16 aromatic rings. The normalized spacial score (nSPS) is 16.3. The third-order valence-corrected chi connectivity index (χ3v) is 25.7. The number of nitrogens with two attached hydrogens (primary N) is 4. The van der Waals surface area contributed by atoms with Gasteiger partial charge < -0.3 is 66.6 Å². The smallest absolute Gasteiger partial charge is 0.293 e. The van der Waals surface area contributed by atoms with Crippen LogP contribution in [0.4, 0.5) is 23.3 Å². The molecule has 4 unspecified atom stereocenters. The van der Waals surface area contributed by atoms with Gasteiger partial charge in [0.05, 0.1) is 64.9 Å². The molecule has 8 aromatic carbocycles. The van der Waals surface area contributed by atoms with Gasteiger partial charge in [-0.2, -0.15) is 40.8 Å². The molecular weight excluding hydrogens is 1820 g/mol. The highest BCUT2D eigenvalue weighted by Crippen LogP contribution is 2.43. The Bertz CT molecular complexity index is 7670. The number of amides is 4. The van der Waals surface area contributed by atoms with Gasteiger partial charge in [0.1, 0.15) is 90.8 Å². The molecule has 37 nitrogen and oxygen atoms in total. The van der Waals surface area contributed by atoms with Gasteiger partial charge in [0.25, 0.3) is 22.2 Å². The van der Waals surface area contributed by atoms with Crippen LogP contribution in [-0.4, -0.2) is 186 Å². The second-order valence-electron chi connectivity index (χ2n) is 35.2. The molecule has 37 heteroatoms. The Morgan fingerprint density at radius 2 is 0.594 bits per heavy atom. The summed E-state index contributed by atoms with van der Waals surface area (Å²) in [6.07, 6.45) is 14.3. The van der Waals surface area contributed by atoms with Crippen LogP contribution in [0.5, 0.6) is 46.0 Å². The number of anilines is 4. The number of para-hydroxylation sites is 4. The maximum absolute atomic E-state index is 13.7. The fraction of sp³-hybridized carbons (Fsp3) is 0.245. The number of fused-ring (bicyclic) bond motifs is 4. The number of aromatic nitrogens is 16. The molecule has 4 saturated heterocycles. The number of H-pyrrole nitrogens is 2. The average Bonchev–Trinajstić information content (AvgIpc) is 1.65. The van der Waals surface area contributed by atoms with E-state index >= 15 is 0 Å². The standard InChI is InChI=1S/C28H28N6O3.C27H28N6O4.C26H26N6O3.C25H24N6O3/c1-2-23(35)32-16-6-7-20(17-32)33-26-24(27(29)31-34(28(26)36)19-12-13-19)25(30-33)18-10-14-22(15-11-18)37-21-8-4-3-5-9-21;1-2-22(35)31-14-6-7-19(17-31)33-25-23(26(28)30-32(15-16-34)27(25)36)24(29-33)18-10-12-21(13-11-18)37-20-8-4-3-5-9-20;1-2-21(33)31-15-7-6-8-18(16-31)32-24-22(25(27)28-29-26(24)34)23(30-32)17-11-13-20(14-12-17)35-19-9-4-3-5-10-19;1-2-20(32)30-14-6-7-17(15-30)31-23-21(24(26)27-28-25(23)33)22(29-31)16-10-12-19(13-11-16)34-18-8-4-3-5-9-18/h2-5,8-11,14-15,19-20H,1,6-7,12-13,16-17H2,(H2,29,31);2-5,8-13,19,34H,1,6-7,14-17H2,(H2,28,30);2-5,9-14,18H,1,6-8,15-16H2,(H2,27,28)(H,29,34);2-5,8-13,17H,1,6-7,14-15H2,(H2,26,27)(H,28,33). The first kappa shape index (κ1) is 95.7. The number of aliphatic hydroxyl groups is 1. The number of ether oxygens (including phenoxy) is 4. The molecule has 0 bridgehead atoms. The number of piperidine rings is 3. The average molecular weight is 1920 g/mol. The van der Waals surface area contributed by atoms with Gasteiger partial charge >= 0.3 is 0 Å². The Hall–Kier alpha value is -17.6. The fourth-order valence-electron chi connectivity index (χ4n) is 18.7. The Kier molecular flexibility index (Phi) is 28.6. The van der Waals surface area contributed by atoms with Crippen LogP contribution in [0.3, 0.4) is 0 Å². The predicted octanol–water partition coefficient (Wildman–Crippen LogP) is 14.7. The zero-order valence-electron chi connectivity index (χ0n) is 78.4. The zero-order chi connectivity index (χ0) is 99.5. The van der Waals surface area contributed by atoms with Crippen LogP contribution in [0, 0.1) is 0 Å². The molecule has 12 heterocycles. The summed E-state index contributed by atoms with van der Waals surface area (Å²) >= 11 is 0. The van der Waals surface area contributed by atoms with E-state index in [2.05, 4.69) is 56.9 Å². The lowest BCUT2D eigenvalue weighted by molar-refractivity contribution is -0.128. The van der Waals surface area contributed by atoms with Crippen molar-refractivity contribution >= 4 is 90.5 Å². The number of likely N-dealkylation sites (tertiary alicyclic amines) is 4. The molecule has 4 atom stereocenters. The second-order valence-corrected chi connectivity index (χ2v) is 35.2. The molecular formula is C106H106N24O13. The van der Waals surface area contributed by atoms with Gasteiger partial charge in [-0.05, 0) is 241 Å². The molecule has 0 radical (unpaired) electrons. The number of rotatable bonds is 23. The van der Waals surface area contributed by atoms with Gasteiger partial charge in [-0.15, -0.1) is 0 Å². The number of aliphatic hydroxyl groups excluding tert-OH is 1. The van der Waals surface area contributed by atoms with E-state index in [-0.39, 0.29) is 107 Å². The lowest BCUT2D eigenvalue weighted by atomic mass is 10.1. The number of hydrogen-bond donors (Lipinski definition) is 7. The molecule has 5 aliphatic rings. The highest BCUT2D eigenvalue weighted by Gasteiger charge is 2.37. The summed E-state index contributed by atoms with van der Waals surface area (Å²) in [5, 5.41) is 52.5. The monoisotopic (exact) mass is 1920 g/mol. The Morgan fingerprint density at radius 1 is 0.322 bits per heavy atom. The molecule has 0 spiro atoms. The van der Waals surface area contributed by atoms with Crippen LogP contribution < -0.4 is 64.1 Å². The van der Waals surface area contributed by atoms with Crippen LogP contribution in [0.1, 0.15) is 101 Å². The number of nitrogens with one attached hydrogen (secondary N) is 2. The molecule has 1 saturated carbocycles. The SMILES string of the molecule is C=CC(=O)N1CCCC(n2nc(-c3ccc(Oc4ccccc4)cc3)c3c(N)n[nH]c(=O)c32)C1.C=CC(=O)N1CCCC(n2nc(-c3ccc(Oc4ccccc4)cc3)c3c(N)nn(C4CC4)c(=O)c32)C1.C=CC(=O)N1CCCC(n2nc(-c3ccc(Oc4ccccc4)cc3)c3c(N)nn(CCO)c(=O)c32)C1.C=CC(=O)N1CCCCC(n2nc(-c3ccc(Oc4ccccc4)cc3)c3c(N)n[nH]c(=O)c32)C1. The van der Waals surface area contributed by atoms with E-state index in [0.717, 1.165) is 121 Å². The van der Waals surface area contributed by atoms with Gasteiger partial charge in [-0.1, -0.05) is 99.1 Å². The van der Waals surface area contributed by atoms with Crippen molar-refractivity contribution in [1.29, 1.82) is 0 Å². The quantitative estimate of drug-likeness (QED) is 0.0292. The van der Waals surface area contributed by atoms with Gasteiger partial charge in [0.15, 0.2) is 23.3 Å². The molecule has 21 rings (SSSR count). The van der Waals surface area contributed by atoms with E-state index in [1.54, 1.807) is 38.3 Å². The summed E-state index contributed by atoms with van der Waals surface area (Å²) in [5.41, 5.74) is 30.7. The lowest BCUT2D eigenvalue weighted by Gasteiger charge is -2.32. The minimum atomic E-state index is -0.395. The first-order chi connectivity index (χ1) is 69.6. The zero-order valence-corrected chi connectivity index (χ0v) is 78.4. The van der Waals surface area contributed by atoms with Gasteiger partial charge in [-0.3, -0.25) is 57.1 Å². The highest BCUT2D eigenvalue weighted by molar-refractivity contribution is 6.03. The number of benzene rings is 8. The lowest BCUT2D eigenvalue weighted by Crippen LogP contribution is -2.40. The highest BCUT2D eigenvalue weighted by atomic mass is 16.5. The van der Waals surface area contributed by atoms with E-state index in [4.69, 9.17) is 62.3 Å². The molecule has 1 aliphatic carbocycles. The third-order valence-electron chi connectivity index (χ3n) is 25.7. The summed E-state index contributed by atoms with van der Waals surface area (Å²) in [4.78, 5) is 109. The predicted molar refractivity (Wildman–Crippen MR) is 545 cm³/mol. The van der Waals surface area contributed by atoms with Crippen LogP contribution in [0.25, 0.3) is 88.6 Å². The van der Waals surface area contributed by atoms with Crippen molar-refractivity contribution in [2.45, 2.75) is 107 Å². The molecule has 11 N–H and O–H groups in total. The first-order valence-corrected chi connectivity index (χ1v) is 47.3.